The third-order valence-corrected chi connectivity index (χ3v) is 3.92. The molecule has 0 atom stereocenters. The molecule has 1 amide bonds. The van der Waals surface area contributed by atoms with Crippen LogP contribution in [0.1, 0.15) is 38.3 Å². The molecule has 0 saturated heterocycles. The maximum Gasteiger partial charge on any atom is 0.224 e. The molecule has 2 N–H and O–H groups in total. The lowest BCUT2D eigenvalue weighted by Gasteiger charge is -2.19. The van der Waals surface area contributed by atoms with Crippen LogP contribution in [-0.2, 0) is 16.6 Å². The van der Waals surface area contributed by atoms with E-state index in [4.69, 9.17) is 4.74 Å². The van der Waals surface area contributed by atoms with E-state index in [2.05, 4.69) is 50.4 Å². The van der Waals surface area contributed by atoms with E-state index in [9.17, 15) is 9.90 Å². The van der Waals surface area contributed by atoms with Crippen molar-refractivity contribution in [3.05, 3.63) is 53.6 Å². The topological polar surface area (TPSA) is 58.6 Å². The fourth-order valence-corrected chi connectivity index (χ4v) is 2.41. The van der Waals surface area contributed by atoms with Gasteiger partial charge in [-0.05, 0) is 35.1 Å². The molecule has 2 aromatic carbocycles. The van der Waals surface area contributed by atoms with Gasteiger partial charge in [0.15, 0.2) is 11.5 Å². The van der Waals surface area contributed by atoms with Gasteiger partial charge in [0.1, 0.15) is 0 Å². The summed E-state index contributed by atoms with van der Waals surface area (Å²) in [6.45, 7) is 6.55. The number of nitrogens with one attached hydrogen (secondary N) is 1. The van der Waals surface area contributed by atoms with Crippen molar-refractivity contribution in [3.63, 3.8) is 0 Å². The van der Waals surface area contributed by atoms with Crippen molar-refractivity contribution in [1.29, 1.82) is 0 Å². The highest BCUT2D eigenvalue weighted by Crippen LogP contribution is 2.28. The molecule has 0 radical (unpaired) electrons. The monoisotopic (exact) mass is 327 g/mol. The van der Waals surface area contributed by atoms with Crippen molar-refractivity contribution in [2.24, 2.45) is 0 Å². The summed E-state index contributed by atoms with van der Waals surface area (Å²) in [5.41, 5.74) is 3.17. The molecule has 2 rings (SSSR count). The molecule has 4 nitrogen and oxygen atoms in total. The molecule has 128 valence electrons. The maximum atomic E-state index is 12.1. The Kier molecular flexibility index (Phi) is 5.50. The van der Waals surface area contributed by atoms with Gasteiger partial charge in [0, 0.05) is 18.2 Å². The summed E-state index contributed by atoms with van der Waals surface area (Å²) in [4.78, 5) is 12.1. The Morgan fingerprint density at radius 1 is 1.12 bits per heavy atom. The van der Waals surface area contributed by atoms with E-state index in [1.54, 1.807) is 12.1 Å². The van der Waals surface area contributed by atoms with E-state index in [-0.39, 0.29) is 17.1 Å². The average Bonchev–Trinajstić information content (AvgIpc) is 2.54. The molecule has 0 unspecified atom stereocenters. The zero-order chi connectivity index (χ0) is 17.7. The number of rotatable bonds is 5. The smallest absolute Gasteiger partial charge is 0.224 e. The number of phenolic OH excluding ortho intramolecular Hbond substituents is 1. The number of benzene rings is 2. The van der Waals surface area contributed by atoms with Crippen LogP contribution in [0.4, 0.5) is 5.69 Å². The zero-order valence-corrected chi connectivity index (χ0v) is 14.7. The summed E-state index contributed by atoms with van der Waals surface area (Å²) in [7, 11) is 1.47. The van der Waals surface area contributed by atoms with Gasteiger partial charge in [0.25, 0.3) is 0 Å². The molecular weight excluding hydrogens is 302 g/mol. The number of hydrogen-bond donors (Lipinski definition) is 2. The highest BCUT2D eigenvalue weighted by atomic mass is 16.5. The van der Waals surface area contributed by atoms with Gasteiger partial charge in [0.05, 0.1) is 7.11 Å². The van der Waals surface area contributed by atoms with E-state index in [0.717, 1.165) is 5.56 Å². The van der Waals surface area contributed by atoms with Gasteiger partial charge < -0.3 is 15.2 Å². The number of hydrogen-bond acceptors (Lipinski definition) is 3. The number of amides is 1. The second-order valence-electron chi connectivity index (χ2n) is 6.88. The van der Waals surface area contributed by atoms with Crippen LogP contribution < -0.4 is 10.1 Å². The van der Waals surface area contributed by atoms with Gasteiger partial charge in [-0.15, -0.1) is 0 Å². The Balaban J connectivity index is 1.91. The lowest BCUT2D eigenvalue weighted by atomic mass is 9.86. The van der Waals surface area contributed by atoms with Gasteiger partial charge in [-0.3, -0.25) is 4.79 Å². The van der Waals surface area contributed by atoms with Crippen LogP contribution >= 0.6 is 0 Å². The first-order chi connectivity index (χ1) is 11.3. The number of ether oxygens (including phenoxy) is 1. The minimum atomic E-state index is -0.0670. The van der Waals surface area contributed by atoms with Crippen molar-refractivity contribution in [2.45, 2.75) is 39.0 Å². The molecule has 0 spiro atoms. The standard InChI is InChI=1S/C20H25NO3/c1-20(2,3)15-8-5-14(6-9-15)7-12-19(23)21-16-10-11-17(22)18(13-16)24-4/h5-6,8-11,13,22H,7,12H2,1-4H3,(H,21,23). The summed E-state index contributed by atoms with van der Waals surface area (Å²) in [6.07, 6.45) is 1.09. The fourth-order valence-electron chi connectivity index (χ4n) is 2.41. The summed E-state index contributed by atoms with van der Waals surface area (Å²) < 4.78 is 5.03. The Hall–Kier alpha value is -2.49. The van der Waals surface area contributed by atoms with Crippen LogP contribution in [0.25, 0.3) is 0 Å². The minimum absolute atomic E-state index is 0.0504. The predicted molar refractivity (Wildman–Crippen MR) is 96.8 cm³/mol. The van der Waals surface area contributed by atoms with Crippen LogP contribution in [0.3, 0.4) is 0 Å². The van der Waals surface area contributed by atoms with Crippen molar-refractivity contribution >= 4 is 11.6 Å². The molecule has 0 heterocycles. The van der Waals surface area contributed by atoms with E-state index in [1.807, 2.05) is 0 Å². The normalized spacial score (nSPS) is 11.2. The molecule has 4 heteroatoms. The van der Waals surface area contributed by atoms with Crippen LogP contribution in [0.15, 0.2) is 42.5 Å². The van der Waals surface area contributed by atoms with Crippen molar-refractivity contribution < 1.29 is 14.6 Å². The highest BCUT2D eigenvalue weighted by Gasteiger charge is 2.13. The molecule has 0 aliphatic heterocycles. The van der Waals surface area contributed by atoms with E-state index < -0.39 is 0 Å². The number of methoxy groups -OCH3 is 1. The second kappa shape index (κ2) is 7.39. The van der Waals surface area contributed by atoms with E-state index >= 15 is 0 Å². The van der Waals surface area contributed by atoms with Crippen molar-refractivity contribution in [3.8, 4) is 11.5 Å². The van der Waals surface area contributed by atoms with Crippen molar-refractivity contribution in [2.75, 3.05) is 12.4 Å². The number of aromatic hydroxyl groups is 1. The summed E-state index contributed by atoms with van der Waals surface area (Å²) in [6, 6.07) is 13.2. The van der Waals surface area contributed by atoms with Gasteiger partial charge >= 0.3 is 0 Å². The summed E-state index contributed by atoms with van der Waals surface area (Å²) >= 11 is 0. The number of aryl methyl sites for hydroxylation is 1. The zero-order valence-electron chi connectivity index (χ0n) is 14.7. The highest BCUT2D eigenvalue weighted by molar-refractivity contribution is 5.91. The first kappa shape index (κ1) is 17.9. The predicted octanol–water partition coefficient (Wildman–Crippen LogP) is 4.27. The maximum absolute atomic E-state index is 12.1. The van der Waals surface area contributed by atoms with Gasteiger partial charge in [-0.25, -0.2) is 0 Å². The lowest BCUT2D eigenvalue weighted by Crippen LogP contribution is -2.13. The Morgan fingerprint density at radius 2 is 1.79 bits per heavy atom. The van der Waals surface area contributed by atoms with Crippen molar-refractivity contribution in [1.82, 2.24) is 0 Å². The first-order valence-corrected chi connectivity index (χ1v) is 8.06. The average molecular weight is 327 g/mol. The van der Waals surface area contributed by atoms with Crippen LogP contribution in [0.5, 0.6) is 11.5 Å². The van der Waals surface area contributed by atoms with E-state index in [0.29, 0.717) is 24.3 Å². The number of phenols is 1. The van der Waals surface area contributed by atoms with Gasteiger partial charge in [0.2, 0.25) is 5.91 Å². The van der Waals surface area contributed by atoms with Crippen LogP contribution in [0.2, 0.25) is 0 Å². The molecule has 0 saturated carbocycles. The summed E-state index contributed by atoms with van der Waals surface area (Å²) in [5, 5.41) is 12.4. The molecule has 0 fully saturated rings. The molecule has 0 bridgehead atoms. The Labute approximate surface area is 143 Å². The van der Waals surface area contributed by atoms with Crippen LogP contribution in [-0.4, -0.2) is 18.1 Å². The van der Waals surface area contributed by atoms with E-state index in [1.165, 1.54) is 18.7 Å². The Morgan fingerprint density at radius 3 is 2.38 bits per heavy atom. The number of anilines is 1. The molecule has 0 aliphatic rings. The quantitative estimate of drug-likeness (QED) is 0.806. The van der Waals surface area contributed by atoms with Crippen LogP contribution in [0, 0.1) is 0 Å². The number of carbonyl (C=O) groups is 1. The third kappa shape index (κ3) is 4.75. The third-order valence-electron chi connectivity index (χ3n) is 3.92. The molecule has 24 heavy (non-hydrogen) atoms. The lowest BCUT2D eigenvalue weighted by molar-refractivity contribution is -0.116. The molecule has 2 aromatic rings. The minimum Gasteiger partial charge on any atom is -0.504 e. The number of carbonyl (C=O) groups excluding carboxylic acids is 1. The fraction of sp³-hybridized carbons (Fsp3) is 0.350. The van der Waals surface area contributed by atoms with Gasteiger partial charge in [-0.2, -0.15) is 0 Å². The largest absolute Gasteiger partial charge is 0.504 e. The molecule has 0 aliphatic carbocycles. The SMILES string of the molecule is COc1cc(NC(=O)CCc2ccc(C(C)(C)C)cc2)ccc1O. The first-order valence-electron chi connectivity index (χ1n) is 8.06. The molecular formula is C20H25NO3. The summed E-state index contributed by atoms with van der Waals surface area (Å²) in [5.74, 6) is 0.322. The Bertz CT molecular complexity index is 700. The van der Waals surface area contributed by atoms with Gasteiger partial charge in [-0.1, -0.05) is 45.0 Å². The molecule has 0 aromatic heterocycles. The second-order valence-corrected chi connectivity index (χ2v) is 6.88.